The molecule has 2 fully saturated rings. The minimum absolute atomic E-state index is 0.472. The molecule has 4 N–H and O–H groups in total. The number of unbranched alkanes of at least 4 members (excludes halogenated alkanes) is 5. The fraction of sp³-hybridized carbons (Fsp3) is 1.00. The van der Waals surface area contributed by atoms with Gasteiger partial charge in [-0.3, -0.25) is 0 Å². The lowest BCUT2D eigenvalue weighted by Crippen LogP contribution is -2.30. The summed E-state index contributed by atoms with van der Waals surface area (Å²) < 4.78 is 0. The summed E-state index contributed by atoms with van der Waals surface area (Å²) in [5.74, 6) is 1.63. The summed E-state index contributed by atoms with van der Waals surface area (Å²) in [5, 5.41) is 0. The van der Waals surface area contributed by atoms with E-state index in [1.165, 1.54) is 141 Å². The van der Waals surface area contributed by atoms with Crippen LogP contribution in [-0.2, 0) is 0 Å². The maximum atomic E-state index is 6.54. The van der Waals surface area contributed by atoms with Gasteiger partial charge in [0.1, 0.15) is 0 Å². The highest BCUT2D eigenvalue weighted by molar-refractivity contribution is 4.76. The van der Waals surface area contributed by atoms with E-state index in [-0.39, 0.29) is 0 Å². The van der Waals surface area contributed by atoms with E-state index >= 15 is 0 Å². The van der Waals surface area contributed by atoms with E-state index in [2.05, 4.69) is 0 Å². The molecule has 28 heavy (non-hydrogen) atoms. The fourth-order valence-corrected chi connectivity index (χ4v) is 5.77. The van der Waals surface area contributed by atoms with Gasteiger partial charge in [0.15, 0.2) is 0 Å². The van der Waals surface area contributed by atoms with E-state index in [0.717, 1.165) is 11.8 Å². The third kappa shape index (κ3) is 10.6. The second kappa shape index (κ2) is 15.7. The van der Waals surface area contributed by atoms with Crippen molar-refractivity contribution in [3.05, 3.63) is 0 Å². The Kier molecular flexibility index (Phi) is 13.6. The first-order valence-electron chi connectivity index (χ1n) is 13.3. The van der Waals surface area contributed by atoms with E-state index in [9.17, 15) is 0 Å². The molecule has 0 aromatic carbocycles. The van der Waals surface area contributed by atoms with Gasteiger partial charge in [-0.05, 0) is 50.4 Å². The topological polar surface area (TPSA) is 52.0 Å². The quantitative estimate of drug-likeness (QED) is 0.358. The predicted molar refractivity (Wildman–Crippen MR) is 125 cm³/mol. The third-order valence-corrected chi connectivity index (χ3v) is 7.84. The highest BCUT2D eigenvalue weighted by Gasteiger charge is 2.19. The van der Waals surface area contributed by atoms with Crippen LogP contribution in [0.5, 0.6) is 0 Å². The van der Waals surface area contributed by atoms with Gasteiger partial charge in [0.25, 0.3) is 0 Å². The summed E-state index contributed by atoms with van der Waals surface area (Å²) in [7, 11) is 0. The summed E-state index contributed by atoms with van der Waals surface area (Å²) in [4.78, 5) is 0. The molecule has 2 heteroatoms. The van der Waals surface area contributed by atoms with Crippen LogP contribution in [0.25, 0.3) is 0 Å². The number of rotatable bonds is 11. The first-order valence-corrected chi connectivity index (χ1v) is 13.3. The molecule has 0 radical (unpaired) electrons. The SMILES string of the molecule is NC(CCCCCCCCC(N)C1CCCCCCC1)C1CCCCCCC1. The lowest BCUT2D eigenvalue weighted by atomic mass is 9.84. The maximum absolute atomic E-state index is 6.54. The van der Waals surface area contributed by atoms with Crippen LogP contribution in [0.1, 0.15) is 141 Å². The van der Waals surface area contributed by atoms with Crippen LogP contribution in [0.3, 0.4) is 0 Å². The average molecular weight is 393 g/mol. The van der Waals surface area contributed by atoms with E-state index in [1.807, 2.05) is 0 Å². The molecule has 0 aromatic rings. The lowest BCUT2D eigenvalue weighted by Gasteiger charge is -2.26. The molecule has 0 bridgehead atoms. The van der Waals surface area contributed by atoms with Gasteiger partial charge in [0.05, 0.1) is 0 Å². The van der Waals surface area contributed by atoms with Crippen molar-refractivity contribution >= 4 is 0 Å². The standard InChI is InChI=1S/C26H52N2/c27-25(23-17-11-5-3-6-12-18-23)21-15-9-1-2-10-16-22-26(28)24-19-13-7-4-8-14-20-24/h23-26H,1-22,27-28H2. The van der Waals surface area contributed by atoms with Crippen LogP contribution in [0.15, 0.2) is 0 Å². The Labute approximate surface area is 177 Å². The first kappa shape index (κ1) is 24.2. The van der Waals surface area contributed by atoms with Gasteiger partial charge in [-0.25, -0.2) is 0 Å². The van der Waals surface area contributed by atoms with Crippen molar-refractivity contribution in [2.75, 3.05) is 0 Å². The van der Waals surface area contributed by atoms with Crippen molar-refractivity contribution in [2.24, 2.45) is 23.3 Å². The monoisotopic (exact) mass is 392 g/mol. The molecule has 0 spiro atoms. The van der Waals surface area contributed by atoms with Crippen molar-refractivity contribution in [1.82, 2.24) is 0 Å². The minimum atomic E-state index is 0.472. The van der Waals surface area contributed by atoms with Gasteiger partial charge in [0.2, 0.25) is 0 Å². The molecular weight excluding hydrogens is 340 g/mol. The molecule has 2 nitrogen and oxygen atoms in total. The highest BCUT2D eigenvalue weighted by Crippen LogP contribution is 2.27. The molecule has 0 saturated heterocycles. The Bertz CT molecular complexity index is 306. The molecule has 2 rings (SSSR count). The van der Waals surface area contributed by atoms with E-state index < -0.39 is 0 Å². The minimum Gasteiger partial charge on any atom is -0.327 e. The first-order chi connectivity index (χ1) is 13.8. The van der Waals surface area contributed by atoms with Gasteiger partial charge >= 0.3 is 0 Å². The van der Waals surface area contributed by atoms with Crippen molar-refractivity contribution in [2.45, 2.75) is 153 Å². The van der Waals surface area contributed by atoms with Gasteiger partial charge < -0.3 is 11.5 Å². The molecule has 0 amide bonds. The molecule has 166 valence electrons. The molecule has 2 aliphatic rings. The molecule has 0 heterocycles. The number of hydrogen-bond donors (Lipinski definition) is 2. The third-order valence-electron chi connectivity index (χ3n) is 7.84. The summed E-state index contributed by atoms with van der Waals surface area (Å²) in [6.07, 6.45) is 30.7. The van der Waals surface area contributed by atoms with E-state index in [4.69, 9.17) is 11.5 Å². The van der Waals surface area contributed by atoms with Crippen LogP contribution in [0.2, 0.25) is 0 Å². The summed E-state index contributed by atoms with van der Waals surface area (Å²) in [6, 6.07) is 0.944. The van der Waals surface area contributed by atoms with Crippen molar-refractivity contribution < 1.29 is 0 Å². The zero-order valence-electron chi connectivity index (χ0n) is 19.0. The molecular formula is C26H52N2. The molecule has 2 atom stereocenters. The zero-order valence-corrected chi connectivity index (χ0v) is 19.0. The Hall–Kier alpha value is -0.0800. The molecule has 0 aliphatic heterocycles. The summed E-state index contributed by atoms with van der Waals surface area (Å²) in [5.41, 5.74) is 13.1. The Morgan fingerprint density at radius 1 is 0.429 bits per heavy atom. The van der Waals surface area contributed by atoms with Crippen molar-refractivity contribution in [3.63, 3.8) is 0 Å². The smallest absolute Gasteiger partial charge is 0.00671 e. The van der Waals surface area contributed by atoms with E-state index in [0.29, 0.717) is 12.1 Å². The molecule has 0 aromatic heterocycles. The van der Waals surface area contributed by atoms with Crippen LogP contribution < -0.4 is 11.5 Å². The van der Waals surface area contributed by atoms with Crippen molar-refractivity contribution in [1.29, 1.82) is 0 Å². The van der Waals surface area contributed by atoms with Crippen LogP contribution in [0.4, 0.5) is 0 Å². The number of nitrogens with two attached hydrogens (primary N) is 2. The van der Waals surface area contributed by atoms with E-state index in [1.54, 1.807) is 0 Å². The van der Waals surface area contributed by atoms with Crippen molar-refractivity contribution in [3.8, 4) is 0 Å². The van der Waals surface area contributed by atoms with Gasteiger partial charge in [-0.2, -0.15) is 0 Å². The average Bonchev–Trinajstić information content (AvgIpc) is 2.63. The normalized spacial score (nSPS) is 23.4. The Balaban J connectivity index is 1.43. The summed E-state index contributed by atoms with van der Waals surface area (Å²) >= 11 is 0. The Morgan fingerprint density at radius 3 is 1.07 bits per heavy atom. The van der Waals surface area contributed by atoms with Crippen LogP contribution in [-0.4, -0.2) is 12.1 Å². The largest absolute Gasteiger partial charge is 0.327 e. The van der Waals surface area contributed by atoms with Gasteiger partial charge in [0, 0.05) is 12.1 Å². The molecule has 2 unspecified atom stereocenters. The molecule has 2 aliphatic carbocycles. The Morgan fingerprint density at radius 2 is 0.714 bits per heavy atom. The van der Waals surface area contributed by atoms with Crippen LogP contribution in [0, 0.1) is 11.8 Å². The van der Waals surface area contributed by atoms with Gasteiger partial charge in [-0.15, -0.1) is 0 Å². The predicted octanol–water partition coefficient (Wildman–Crippen LogP) is 7.48. The van der Waals surface area contributed by atoms with Gasteiger partial charge in [-0.1, -0.05) is 103 Å². The summed E-state index contributed by atoms with van der Waals surface area (Å²) in [6.45, 7) is 0. The zero-order chi connectivity index (χ0) is 19.9. The highest BCUT2D eigenvalue weighted by atomic mass is 14.6. The number of hydrogen-bond acceptors (Lipinski definition) is 2. The lowest BCUT2D eigenvalue weighted by molar-refractivity contribution is 0.304. The maximum Gasteiger partial charge on any atom is 0.00671 e. The molecule has 2 saturated carbocycles. The second-order valence-electron chi connectivity index (χ2n) is 10.2. The second-order valence-corrected chi connectivity index (χ2v) is 10.2. The van der Waals surface area contributed by atoms with Crippen LogP contribution >= 0.6 is 0 Å². The fourth-order valence-electron chi connectivity index (χ4n) is 5.77.